The van der Waals surface area contributed by atoms with Crippen LogP contribution in [0.15, 0.2) is 10.4 Å². The van der Waals surface area contributed by atoms with Crippen molar-refractivity contribution >= 4 is 47.4 Å². The molecule has 1 amide bonds. The Morgan fingerprint density at radius 1 is 1.48 bits per heavy atom. The standard InChI is InChI=1S/C20H35N5O2S.HI/c1-15-23-17(14-28-15)13-24(6)18(21-5)22-10-9-16-8-7-11-25(12-16)19(26)27-20(2,3)4;/h14,16H,7-13H2,1-6H3,(H,21,22);1H. The molecule has 0 bridgehead atoms. The lowest BCUT2D eigenvalue weighted by Crippen LogP contribution is -2.44. The van der Waals surface area contributed by atoms with Crippen LogP contribution in [0.4, 0.5) is 4.79 Å². The highest BCUT2D eigenvalue weighted by Crippen LogP contribution is 2.21. The van der Waals surface area contributed by atoms with Crippen LogP contribution < -0.4 is 5.32 Å². The van der Waals surface area contributed by atoms with Gasteiger partial charge in [-0.05, 0) is 52.9 Å². The van der Waals surface area contributed by atoms with Crippen molar-refractivity contribution in [2.24, 2.45) is 10.9 Å². The lowest BCUT2D eigenvalue weighted by Gasteiger charge is -2.34. The molecule has 29 heavy (non-hydrogen) atoms. The fourth-order valence-electron chi connectivity index (χ4n) is 3.36. The van der Waals surface area contributed by atoms with Crippen LogP contribution in [0.2, 0.25) is 0 Å². The molecule has 166 valence electrons. The second kappa shape index (κ2) is 11.9. The van der Waals surface area contributed by atoms with Crippen molar-refractivity contribution < 1.29 is 9.53 Å². The van der Waals surface area contributed by atoms with Crippen molar-refractivity contribution in [1.29, 1.82) is 0 Å². The zero-order valence-electron chi connectivity index (χ0n) is 18.5. The van der Waals surface area contributed by atoms with Crippen LogP contribution in [0.25, 0.3) is 0 Å². The number of amides is 1. The van der Waals surface area contributed by atoms with E-state index in [0.717, 1.165) is 62.1 Å². The van der Waals surface area contributed by atoms with Crippen molar-refractivity contribution in [1.82, 2.24) is 20.1 Å². The van der Waals surface area contributed by atoms with Gasteiger partial charge in [0.05, 0.1) is 17.2 Å². The van der Waals surface area contributed by atoms with E-state index in [1.165, 1.54) is 0 Å². The number of likely N-dealkylation sites (tertiary alicyclic amines) is 1. The Labute approximate surface area is 196 Å². The van der Waals surface area contributed by atoms with E-state index < -0.39 is 5.60 Å². The number of aromatic nitrogens is 1. The van der Waals surface area contributed by atoms with E-state index in [0.29, 0.717) is 5.92 Å². The van der Waals surface area contributed by atoms with Crippen LogP contribution in [0.1, 0.15) is 50.7 Å². The summed E-state index contributed by atoms with van der Waals surface area (Å²) in [7, 11) is 3.82. The van der Waals surface area contributed by atoms with E-state index >= 15 is 0 Å². The number of hydrogen-bond acceptors (Lipinski definition) is 5. The molecule has 1 fully saturated rings. The molecule has 0 radical (unpaired) electrons. The van der Waals surface area contributed by atoms with Crippen LogP contribution in [-0.2, 0) is 11.3 Å². The monoisotopic (exact) mass is 537 g/mol. The molecule has 0 saturated carbocycles. The molecule has 2 rings (SSSR count). The topological polar surface area (TPSA) is 70.1 Å². The predicted octanol–water partition coefficient (Wildman–Crippen LogP) is 4.11. The van der Waals surface area contributed by atoms with Crippen LogP contribution in [0.5, 0.6) is 0 Å². The zero-order chi connectivity index (χ0) is 20.7. The first-order valence-corrected chi connectivity index (χ1v) is 10.9. The van der Waals surface area contributed by atoms with E-state index in [1.54, 1.807) is 18.4 Å². The number of rotatable bonds is 5. The SMILES string of the molecule is CN=C(NCCC1CCCN(C(=O)OC(C)(C)C)C1)N(C)Cc1csc(C)n1.I. The molecule has 0 spiro atoms. The summed E-state index contributed by atoms with van der Waals surface area (Å²) in [5.41, 5.74) is 0.617. The van der Waals surface area contributed by atoms with Gasteiger partial charge >= 0.3 is 6.09 Å². The van der Waals surface area contributed by atoms with Crippen LogP contribution >= 0.6 is 35.3 Å². The number of piperidine rings is 1. The summed E-state index contributed by atoms with van der Waals surface area (Å²) < 4.78 is 5.52. The van der Waals surface area contributed by atoms with Crippen LogP contribution in [-0.4, -0.2) is 66.2 Å². The third-order valence-corrected chi connectivity index (χ3v) is 5.47. The normalized spacial score (nSPS) is 17.5. The van der Waals surface area contributed by atoms with Gasteiger partial charge in [-0.2, -0.15) is 0 Å². The largest absolute Gasteiger partial charge is 0.444 e. The highest BCUT2D eigenvalue weighted by atomic mass is 127. The van der Waals surface area contributed by atoms with E-state index in [-0.39, 0.29) is 30.1 Å². The molecule has 0 aliphatic carbocycles. The Morgan fingerprint density at radius 2 is 2.21 bits per heavy atom. The number of carbonyl (C=O) groups excluding carboxylic acids is 1. The van der Waals surface area contributed by atoms with E-state index in [1.807, 2.05) is 39.6 Å². The Morgan fingerprint density at radius 3 is 2.79 bits per heavy atom. The Hall–Kier alpha value is -1.10. The number of aryl methyl sites for hydroxylation is 1. The van der Waals surface area contributed by atoms with Crippen LogP contribution in [0.3, 0.4) is 0 Å². The van der Waals surface area contributed by atoms with Crippen molar-refractivity contribution in [3.8, 4) is 0 Å². The first kappa shape index (κ1) is 25.9. The molecule has 1 aromatic rings. The van der Waals surface area contributed by atoms with Crippen LogP contribution in [0, 0.1) is 12.8 Å². The van der Waals surface area contributed by atoms with Gasteiger partial charge in [0.1, 0.15) is 5.60 Å². The maximum atomic E-state index is 12.3. The smallest absolute Gasteiger partial charge is 0.410 e. The number of thiazole rings is 1. The first-order valence-electron chi connectivity index (χ1n) is 9.98. The maximum Gasteiger partial charge on any atom is 0.410 e. The lowest BCUT2D eigenvalue weighted by atomic mass is 9.95. The average Bonchev–Trinajstić information content (AvgIpc) is 3.02. The summed E-state index contributed by atoms with van der Waals surface area (Å²) >= 11 is 1.67. The number of halogens is 1. The number of guanidine groups is 1. The van der Waals surface area contributed by atoms with Gasteiger partial charge in [0.2, 0.25) is 0 Å². The number of carbonyl (C=O) groups is 1. The predicted molar refractivity (Wildman–Crippen MR) is 130 cm³/mol. The van der Waals surface area contributed by atoms with E-state index in [9.17, 15) is 4.79 Å². The fourth-order valence-corrected chi connectivity index (χ4v) is 3.97. The van der Waals surface area contributed by atoms with Gasteiger partial charge in [-0.1, -0.05) is 0 Å². The summed E-state index contributed by atoms with van der Waals surface area (Å²) in [6.45, 7) is 10.9. The molecule has 1 aromatic heterocycles. The molecule has 1 N–H and O–H groups in total. The van der Waals surface area contributed by atoms with Crippen molar-refractivity contribution in [2.45, 2.75) is 59.1 Å². The second-order valence-corrected chi connectivity index (χ2v) is 9.47. The van der Waals surface area contributed by atoms with Gasteiger partial charge in [-0.15, -0.1) is 35.3 Å². The Bertz CT molecular complexity index is 674. The minimum atomic E-state index is -0.446. The molecule has 0 aromatic carbocycles. The molecule has 1 atom stereocenters. The number of ether oxygens (including phenoxy) is 1. The minimum absolute atomic E-state index is 0. The second-order valence-electron chi connectivity index (χ2n) is 8.41. The molecule has 1 aliphatic rings. The van der Waals surface area contributed by atoms with E-state index in [4.69, 9.17) is 4.74 Å². The molecular formula is C20H36IN5O2S. The summed E-state index contributed by atoms with van der Waals surface area (Å²) in [6.07, 6.45) is 2.98. The molecule has 1 aliphatic heterocycles. The Kier molecular flexibility index (Phi) is 10.7. The molecule has 1 saturated heterocycles. The summed E-state index contributed by atoms with van der Waals surface area (Å²) in [5.74, 6) is 1.35. The Balaban J connectivity index is 0.00000420. The van der Waals surface area contributed by atoms with Crippen molar-refractivity contribution in [2.75, 3.05) is 33.7 Å². The fraction of sp³-hybridized carbons (Fsp3) is 0.750. The molecule has 7 nitrogen and oxygen atoms in total. The summed E-state index contributed by atoms with van der Waals surface area (Å²) in [5, 5.41) is 6.61. The third kappa shape index (κ3) is 9.06. The number of aliphatic imine (C=N–C) groups is 1. The molecular weight excluding hydrogens is 501 g/mol. The summed E-state index contributed by atoms with van der Waals surface area (Å²) in [4.78, 5) is 25.1. The van der Waals surface area contributed by atoms with Gasteiger partial charge in [-0.3, -0.25) is 4.99 Å². The van der Waals surface area contributed by atoms with E-state index in [2.05, 4.69) is 25.6 Å². The first-order chi connectivity index (χ1) is 13.2. The maximum absolute atomic E-state index is 12.3. The highest BCUT2D eigenvalue weighted by molar-refractivity contribution is 14.0. The zero-order valence-corrected chi connectivity index (χ0v) is 21.7. The van der Waals surface area contributed by atoms with Gasteiger partial charge < -0.3 is 19.9 Å². The van der Waals surface area contributed by atoms with Gasteiger partial charge in [0.15, 0.2) is 5.96 Å². The van der Waals surface area contributed by atoms with Gasteiger partial charge in [-0.25, -0.2) is 9.78 Å². The third-order valence-electron chi connectivity index (χ3n) is 4.65. The highest BCUT2D eigenvalue weighted by Gasteiger charge is 2.27. The number of hydrogen-bond donors (Lipinski definition) is 1. The van der Waals surface area contributed by atoms with Gasteiger partial charge in [0, 0.05) is 39.1 Å². The lowest BCUT2D eigenvalue weighted by molar-refractivity contribution is 0.0162. The number of nitrogens with zero attached hydrogens (tertiary/aromatic N) is 4. The molecule has 1 unspecified atom stereocenters. The minimum Gasteiger partial charge on any atom is -0.444 e. The quantitative estimate of drug-likeness (QED) is 0.348. The summed E-state index contributed by atoms with van der Waals surface area (Å²) in [6, 6.07) is 0. The van der Waals surface area contributed by atoms with Gasteiger partial charge in [0.25, 0.3) is 0 Å². The molecule has 2 heterocycles. The number of nitrogens with one attached hydrogen (secondary N) is 1. The average molecular weight is 538 g/mol. The van der Waals surface area contributed by atoms with Crippen molar-refractivity contribution in [3.63, 3.8) is 0 Å². The molecule has 9 heteroatoms. The van der Waals surface area contributed by atoms with Crippen molar-refractivity contribution in [3.05, 3.63) is 16.1 Å².